The normalized spacial score (nSPS) is 21.2. The highest BCUT2D eigenvalue weighted by Crippen LogP contribution is 2.38. The molecule has 1 aromatic carbocycles. The molecule has 0 aliphatic carbocycles. The minimum atomic E-state index is -0.0365. The lowest BCUT2D eigenvalue weighted by molar-refractivity contribution is 0.127. The number of nitrogens with one attached hydrogen (secondary N) is 2. The van der Waals surface area contributed by atoms with Gasteiger partial charge in [0.15, 0.2) is 17.5 Å². The van der Waals surface area contributed by atoms with E-state index in [1.807, 2.05) is 19.1 Å². The molecule has 0 spiro atoms. The largest absolute Gasteiger partial charge is 0.486 e. The lowest BCUT2D eigenvalue weighted by Crippen LogP contribution is -2.44. The maximum absolute atomic E-state index is 9.37. The Morgan fingerprint density at radius 2 is 2.07 bits per heavy atom. The average molecular weight is 526 g/mol. The molecule has 0 bridgehead atoms. The molecule has 1 atom stereocenters. The number of aliphatic imine (C=N–C) groups is 1. The van der Waals surface area contributed by atoms with Gasteiger partial charge in [0.05, 0.1) is 18.2 Å². The summed E-state index contributed by atoms with van der Waals surface area (Å²) in [7, 11) is 0. The Balaban J connectivity index is 0.00000280. The Morgan fingerprint density at radius 1 is 1.25 bits per heavy atom. The number of fused-ring (bicyclic) bond motifs is 1. The van der Waals surface area contributed by atoms with E-state index in [9.17, 15) is 5.11 Å². The molecular formula is C19H29ClIN3O4. The van der Waals surface area contributed by atoms with E-state index in [0.29, 0.717) is 49.4 Å². The smallest absolute Gasteiger partial charge is 0.191 e. The molecule has 28 heavy (non-hydrogen) atoms. The highest BCUT2D eigenvalue weighted by molar-refractivity contribution is 14.0. The van der Waals surface area contributed by atoms with Crippen LogP contribution in [0.25, 0.3) is 0 Å². The van der Waals surface area contributed by atoms with Gasteiger partial charge in [0, 0.05) is 31.7 Å². The first-order valence-electron chi connectivity index (χ1n) is 9.44. The van der Waals surface area contributed by atoms with Crippen LogP contribution >= 0.6 is 35.6 Å². The van der Waals surface area contributed by atoms with Crippen LogP contribution in [0.4, 0.5) is 0 Å². The van der Waals surface area contributed by atoms with Gasteiger partial charge < -0.3 is 30.0 Å². The summed E-state index contributed by atoms with van der Waals surface area (Å²) in [5.41, 5.74) is 0.918. The highest BCUT2D eigenvalue weighted by atomic mass is 127. The summed E-state index contributed by atoms with van der Waals surface area (Å²) in [6, 6.07) is 3.78. The Hall–Kier alpha value is -0.970. The molecule has 0 amide bonds. The first-order valence-corrected chi connectivity index (χ1v) is 9.82. The van der Waals surface area contributed by atoms with Crippen molar-refractivity contribution in [2.75, 3.05) is 46.1 Å². The van der Waals surface area contributed by atoms with Gasteiger partial charge in [0.25, 0.3) is 0 Å². The third-order valence-electron chi connectivity index (χ3n) is 4.88. The Kier molecular flexibility index (Phi) is 9.39. The number of rotatable bonds is 7. The summed E-state index contributed by atoms with van der Waals surface area (Å²) in [6.45, 7) is 6.57. The number of aliphatic hydroxyl groups is 1. The molecule has 158 valence electrons. The van der Waals surface area contributed by atoms with Crippen molar-refractivity contribution < 1.29 is 19.3 Å². The van der Waals surface area contributed by atoms with Gasteiger partial charge in [-0.2, -0.15) is 0 Å². The fourth-order valence-corrected chi connectivity index (χ4v) is 3.64. The molecule has 3 N–H and O–H groups in total. The minimum absolute atomic E-state index is 0. The maximum Gasteiger partial charge on any atom is 0.191 e. The first kappa shape index (κ1) is 23.3. The molecule has 0 aromatic heterocycles. The number of halogens is 2. The fourth-order valence-electron chi connectivity index (χ4n) is 3.35. The molecule has 0 radical (unpaired) electrons. The van der Waals surface area contributed by atoms with Crippen molar-refractivity contribution >= 4 is 41.5 Å². The van der Waals surface area contributed by atoms with E-state index >= 15 is 0 Å². The maximum atomic E-state index is 9.37. The molecule has 1 fully saturated rings. The quantitative estimate of drug-likeness (QED) is 0.288. The number of nitrogens with zero attached hydrogens (tertiary/aromatic N) is 1. The van der Waals surface area contributed by atoms with Crippen molar-refractivity contribution in [3.63, 3.8) is 0 Å². The van der Waals surface area contributed by atoms with E-state index in [1.165, 1.54) is 0 Å². The van der Waals surface area contributed by atoms with Gasteiger partial charge in [0.1, 0.15) is 13.2 Å². The van der Waals surface area contributed by atoms with Crippen LogP contribution in [0.1, 0.15) is 25.3 Å². The van der Waals surface area contributed by atoms with Crippen LogP contribution in [0, 0.1) is 5.41 Å². The van der Waals surface area contributed by atoms with E-state index in [0.717, 1.165) is 37.5 Å². The zero-order valence-electron chi connectivity index (χ0n) is 16.1. The second-order valence-corrected chi connectivity index (χ2v) is 7.33. The summed E-state index contributed by atoms with van der Waals surface area (Å²) < 4.78 is 16.7. The highest BCUT2D eigenvalue weighted by Gasteiger charge is 2.34. The molecule has 1 unspecified atom stereocenters. The number of hydrogen-bond donors (Lipinski definition) is 3. The van der Waals surface area contributed by atoms with Gasteiger partial charge in [-0.25, -0.2) is 4.99 Å². The fraction of sp³-hybridized carbons (Fsp3) is 0.632. The molecule has 2 aliphatic heterocycles. The van der Waals surface area contributed by atoms with Crippen LogP contribution in [-0.2, 0) is 11.3 Å². The summed E-state index contributed by atoms with van der Waals surface area (Å²) in [5, 5.41) is 16.6. The standard InChI is InChI=1S/C19H28ClN3O4.HI/c1-2-21-18(23-12-19(3-5-24)4-6-25-13-19)22-11-14-9-15(20)17-16(10-14)26-7-8-27-17;/h9-10,24H,2-8,11-13H2,1H3,(H2,21,22,23);1H. The van der Waals surface area contributed by atoms with Gasteiger partial charge in [-0.3, -0.25) is 0 Å². The lowest BCUT2D eigenvalue weighted by atomic mass is 9.84. The van der Waals surface area contributed by atoms with Crippen LogP contribution in [0.2, 0.25) is 5.02 Å². The molecule has 2 heterocycles. The van der Waals surface area contributed by atoms with Crippen LogP contribution in [0.15, 0.2) is 17.1 Å². The van der Waals surface area contributed by atoms with Crippen LogP contribution in [0.3, 0.4) is 0 Å². The first-order chi connectivity index (χ1) is 13.2. The molecule has 3 rings (SSSR count). The zero-order valence-corrected chi connectivity index (χ0v) is 19.2. The Bertz CT molecular complexity index is 669. The van der Waals surface area contributed by atoms with Gasteiger partial charge in [-0.05, 0) is 37.5 Å². The molecule has 2 aliphatic rings. The van der Waals surface area contributed by atoms with E-state index in [1.54, 1.807) is 0 Å². The number of benzene rings is 1. The second-order valence-electron chi connectivity index (χ2n) is 6.93. The van der Waals surface area contributed by atoms with Crippen molar-refractivity contribution in [1.29, 1.82) is 0 Å². The molecule has 1 saturated heterocycles. The third kappa shape index (κ3) is 6.01. The average Bonchev–Trinajstić information content (AvgIpc) is 3.13. The van der Waals surface area contributed by atoms with Crippen LogP contribution in [0.5, 0.6) is 11.5 Å². The predicted octanol–water partition coefficient (Wildman–Crippen LogP) is 2.57. The van der Waals surface area contributed by atoms with Crippen molar-refractivity contribution in [2.24, 2.45) is 10.4 Å². The molecular weight excluding hydrogens is 497 g/mol. The zero-order chi connectivity index (χ0) is 19.1. The second kappa shape index (κ2) is 11.3. The number of hydrogen-bond acceptors (Lipinski definition) is 5. The van der Waals surface area contributed by atoms with Crippen LogP contribution < -0.4 is 20.1 Å². The van der Waals surface area contributed by atoms with Gasteiger partial charge in [-0.1, -0.05) is 11.6 Å². The molecule has 0 saturated carbocycles. The van der Waals surface area contributed by atoms with E-state index < -0.39 is 0 Å². The van der Waals surface area contributed by atoms with E-state index in [2.05, 4.69) is 15.6 Å². The van der Waals surface area contributed by atoms with E-state index in [-0.39, 0.29) is 36.0 Å². The van der Waals surface area contributed by atoms with Crippen molar-refractivity contribution in [1.82, 2.24) is 10.6 Å². The molecule has 1 aromatic rings. The van der Waals surface area contributed by atoms with Crippen molar-refractivity contribution in [3.05, 3.63) is 22.7 Å². The van der Waals surface area contributed by atoms with Gasteiger partial charge in [0.2, 0.25) is 0 Å². The number of ether oxygens (including phenoxy) is 3. The summed E-state index contributed by atoms with van der Waals surface area (Å²) in [5.74, 6) is 2.00. The molecule has 7 nitrogen and oxygen atoms in total. The van der Waals surface area contributed by atoms with Crippen molar-refractivity contribution in [3.8, 4) is 11.5 Å². The summed E-state index contributed by atoms with van der Waals surface area (Å²) >= 11 is 6.30. The number of guanidine groups is 1. The van der Waals surface area contributed by atoms with E-state index in [4.69, 9.17) is 25.8 Å². The summed E-state index contributed by atoms with van der Waals surface area (Å²) in [6.07, 6.45) is 1.66. The SMILES string of the molecule is CCNC(=NCc1cc(Cl)c2c(c1)OCCO2)NCC1(CCO)CCOC1.I. The summed E-state index contributed by atoms with van der Waals surface area (Å²) in [4.78, 5) is 4.66. The monoisotopic (exact) mass is 525 g/mol. The lowest BCUT2D eigenvalue weighted by Gasteiger charge is -2.27. The van der Waals surface area contributed by atoms with Gasteiger partial charge >= 0.3 is 0 Å². The van der Waals surface area contributed by atoms with Crippen molar-refractivity contribution in [2.45, 2.75) is 26.3 Å². The molecule has 9 heteroatoms. The van der Waals surface area contributed by atoms with Crippen LogP contribution in [-0.4, -0.2) is 57.2 Å². The minimum Gasteiger partial charge on any atom is -0.486 e. The topological polar surface area (TPSA) is 84.3 Å². The predicted molar refractivity (Wildman–Crippen MR) is 120 cm³/mol. The van der Waals surface area contributed by atoms with Gasteiger partial charge in [-0.15, -0.1) is 24.0 Å². The third-order valence-corrected chi connectivity index (χ3v) is 5.16. The Morgan fingerprint density at radius 3 is 2.79 bits per heavy atom. The Labute approximate surface area is 188 Å². The number of aliphatic hydroxyl groups excluding tert-OH is 1.